The van der Waals surface area contributed by atoms with Crippen LogP contribution in [0.1, 0.15) is 16.8 Å². The maximum absolute atomic E-state index is 13.1. The van der Waals surface area contributed by atoms with Gasteiger partial charge in [-0.15, -0.1) is 0 Å². The van der Waals surface area contributed by atoms with E-state index in [1.165, 1.54) is 17.4 Å². The molecule has 28 heavy (non-hydrogen) atoms. The number of rotatable bonds is 3. The van der Waals surface area contributed by atoms with E-state index in [4.69, 9.17) is 17.3 Å². The lowest BCUT2D eigenvalue weighted by Gasteiger charge is -2.25. The smallest absolute Gasteiger partial charge is 0.364 e. The number of alkyl halides is 3. The Morgan fingerprint density at radius 3 is 2.75 bits per heavy atom. The summed E-state index contributed by atoms with van der Waals surface area (Å²) in [6.45, 7) is 0.370. The highest BCUT2D eigenvalue weighted by Gasteiger charge is 2.35. The third-order valence-electron chi connectivity index (χ3n) is 4.37. The Bertz CT molecular complexity index is 1040. The summed E-state index contributed by atoms with van der Waals surface area (Å²) in [6, 6.07) is 2.90. The second kappa shape index (κ2) is 6.48. The van der Waals surface area contributed by atoms with E-state index in [0.29, 0.717) is 18.1 Å². The third-order valence-corrected chi connectivity index (χ3v) is 4.69. The van der Waals surface area contributed by atoms with E-state index in [1.807, 2.05) is 0 Å². The number of halogens is 4. The maximum Gasteiger partial charge on any atom is 0.416 e. The molecule has 0 radical (unpaired) electrons. The molecule has 0 spiro atoms. The van der Waals surface area contributed by atoms with E-state index in [0.717, 1.165) is 23.8 Å². The van der Waals surface area contributed by atoms with E-state index in [-0.39, 0.29) is 23.1 Å². The third kappa shape index (κ3) is 3.05. The van der Waals surface area contributed by atoms with Gasteiger partial charge in [-0.2, -0.15) is 13.2 Å². The highest BCUT2D eigenvalue weighted by atomic mass is 35.5. The highest BCUT2D eigenvalue weighted by molar-refractivity contribution is 6.33. The lowest BCUT2D eigenvalue weighted by atomic mass is 10.1. The minimum atomic E-state index is -4.56. The molecule has 0 fully saturated rings. The molecule has 1 amide bonds. The zero-order valence-electron chi connectivity index (χ0n) is 14.1. The predicted molar refractivity (Wildman–Crippen MR) is 96.9 cm³/mol. The van der Waals surface area contributed by atoms with Crippen molar-refractivity contribution in [2.45, 2.75) is 12.7 Å². The van der Waals surface area contributed by atoms with Gasteiger partial charge < -0.3 is 15.5 Å². The summed E-state index contributed by atoms with van der Waals surface area (Å²) in [6.07, 6.45) is -0.167. The Hall–Kier alpha value is -3.14. The molecule has 3 heterocycles. The second-order valence-electron chi connectivity index (χ2n) is 6.11. The summed E-state index contributed by atoms with van der Waals surface area (Å²) >= 11 is 6.13. The first-order valence-electron chi connectivity index (χ1n) is 8.02. The van der Waals surface area contributed by atoms with Crippen LogP contribution in [-0.4, -0.2) is 28.8 Å². The SMILES string of the molecule is NC(=O)C1=CN(c2ncnc3c2CN=C3)CN1c1cc(C(F)(F)F)ccc1Cl. The number of anilines is 2. The molecule has 11 heteroatoms. The topological polar surface area (TPSA) is 87.7 Å². The van der Waals surface area contributed by atoms with E-state index in [2.05, 4.69) is 15.0 Å². The Morgan fingerprint density at radius 2 is 2.04 bits per heavy atom. The van der Waals surface area contributed by atoms with Crippen molar-refractivity contribution in [2.75, 3.05) is 16.5 Å². The number of carbonyl (C=O) groups excluding carboxylic acids is 1. The molecule has 1 aromatic heterocycles. The summed E-state index contributed by atoms with van der Waals surface area (Å²) in [4.78, 5) is 27.4. The van der Waals surface area contributed by atoms with Crippen LogP contribution < -0.4 is 15.5 Å². The molecule has 0 saturated heterocycles. The maximum atomic E-state index is 13.1. The van der Waals surface area contributed by atoms with Crippen molar-refractivity contribution in [3.05, 3.63) is 58.3 Å². The Balaban J connectivity index is 1.76. The van der Waals surface area contributed by atoms with Crippen molar-refractivity contribution in [1.29, 1.82) is 0 Å². The minimum absolute atomic E-state index is 0.00274. The van der Waals surface area contributed by atoms with Gasteiger partial charge in [0, 0.05) is 18.0 Å². The van der Waals surface area contributed by atoms with Crippen LogP contribution in [0.3, 0.4) is 0 Å². The molecule has 0 aliphatic carbocycles. The fourth-order valence-corrected chi connectivity index (χ4v) is 3.28. The van der Waals surface area contributed by atoms with Crippen LogP contribution in [-0.2, 0) is 17.5 Å². The Morgan fingerprint density at radius 1 is 1.25 bits per heavy atom. The quantitative estimate of drug-likeness (QED) is 0.843. The normalized spacial score (nSPS) is 15.8. The van der Waals surface area contributed by atoms with Crippen LogP contribution in [0, 0.1) is 0 Å². The first-order chi connectivity index (χ1) is 13.3. The zero-order valence-corrected chi connectivity index (χ0v) is 14.9. The van der Waals surface area contributed by atoms with Gasteiger partial charge in [0.25, 0.3) is 5.91 Å². The number of aromatic nitrogens is 2. The summed E-state index contributed by atoms with van der Waals surface area (Å²) in [5.74, 6) is -0.315. The van der Waals surface area contributed by atoms with E-state index in [1.54, 1.807) is 11.1 Å². The summed E-state index contributed by atoms with van der Waals surface area (Å²) < 4.78 is 39.4. The Labute approximate surface area is 161 Å². The van der Waals surface area contributed by atoms with Crippen LogP contribution in [0.5, 0.6) is 0 Å². The molecule has 144 valence electrons. The van der Waals surface area contributed by atoms with Gasteiger partial charge in [0.1, 0.15) is 24.5 Å². The van der Waals surface area contributed by atoms with E-state index in [9.17, 15) is 18.0 Å². The van der Waals surface area contributed by atoms with Crippen molar-refractivity contribution in [3.63, 3.8) is 0 Å². The van der Waals surface area contributed by atoms with Crippen LogP contribution >= 0.6 is 11.6 Å². The van der Waals surface area contributed by atoms with Gasteiger partial charge in [0.15, 0.2) is 0 Å². The number of aliphatic imine (C=N–C) groups is 1. The molecular formula is C17H12ClF3N6O. The second-order valence-corrected chi connectivity index (χ2v) is 6.52. The van der Waals surface area contributed by atoms with Crippen LogP contribution in [0.25, 0.3) is 0 Å². The molecular weight excluding hydrogens is 397 g/mol. The van der Waals surface area contributed by atoms with Gasteiger partial charge in [0.05, 0.1) is 28.5 Å². The van der Waals surface area contributed by atoms with Gasteiger partial charge >= 0.3 is 6.18 Å². The number of hydrogen-bond donors (Lipinski definition) is 1. The average molecular weight is 409 g/mol. The Kier molecular flexibility index (Phi) is 4.22. The molecule has 2 aliphatic heterocycles. The number of primary amides is 1. The van der Waals surface area contributed by atoms with Crippen molar-refractivity contribution in [1.82, 2.24) is 9.97 Å². The van der Waals surface area contributed by atoms with Gasteiger partial charge in [-0.25, -0.2) is 9.97 Å². The molecule has 2 aliphatic rings. The summed E-state index contributed by atoms with van der Waals surface area (Å²) in [7, 11) is 0. The molecule has 1 aromatic carbocycles. The monoisotopic (exact) mass is 408 g/mol. The molecule has 4 rings (SSSR count). The van der Waals surface area contributed by atoms with Gasteiger partial charge in [-0.05, 0) is 18.2 Å². The molecule has 0 unspecified atom stereocenters. The van der Waals surface area contributed by atoms with Crippen LogP contribution in [0.2, 0.25) is 5.02 Å². The standard InChI is InChI=1S/C17H12ClF3N6O/c18-11-2-1-9(17(19,20)21)3-13(11)27-8-26(6-14(27)15(22)28)16-10-4-23-5-12(10)24-7-25-16/h1-3,5-7H,4,8H2,(H2,22,28). The fourth-order valence-electron chi connectivity index (χ4n) is 3.06. The van der Waals surface area contributed by atoms with Crippen LogP contribution in [0.4, 0.5) is 24.7 Å². The molecule has 0 saturated carbocycles. The lowest BCUT2D eigenvalue weighted by molar-refractivity contribution is -0.137. The summed E-state index contributed by atoms with van der Waals surface area (Å²) in [5, 5.41) is 0.0539. The van der Waals surface area contributed by atoms with E-state index >= 15 is 0 Å². The van der Waals surface area contributed by atoms with Crippen molar-refractivity contribution < 1.29 is 18.0 Å². The van der Waals surface area contributed by atoms with Gasteiger partial charge in [-0.3, -0.25) is 9.79 Å². The van der Waals surface area contributed by atoms with E-state index < -0.39 is 17.6 Å². The zero-order chi connectivity index (χ0) is 20.1. The molecule has 0 bridgehead atoms. The van der Waals surface area contributed by atoms with Crippen molar-refractivity contribution >= 4 is 35.2 Å². The summed E-state index contributed by atoms with van der Waals surface area (Å²) in [5.41, 5.74) is 5.98. The number of carbonyl (C=O) groups is 1. The number of nitrogens with zero attached hydrogens (tertiary/aromatic N) is 5. The molecule has 7 nitrogen and oxygen atoms in total. The van der Waals surface area contributed by atoms with Crippen molar-refractivity contribution in [3.8, 4) is 0 Å². The number of benzene rings is 1. The largest absolute Gasteiger partial charge is 0.416 e. The molecule has 0 atom stereocenters. The van der Waals surface area contributed by atoms with Crippen LogP contribution in [0.15, 0.2) is 41.4 Å². The molecule has 2 N–H and O–H groups in total. The predicted octanol–water partition coefficient (Wildman–Crippen LogP) is 2.69. The number of nitrogens with two attached hydrogens (primary N) is 1. The average Bonchev–Trinajstić information content (AvgIpc) is 3.28. The number of hydrogen-bond acceptors (Lipinski definition) is 6. The fraction of sp³-hybridized carbons (Fsp3) is 0.176. The highest BCUT2D eigenvalue weighted by Crippen LogP contribution is 2.38. The lowest BCUT2D eigenvalue weighted by Crippen LogP contribution is -2.32. The van der Waals surface area contributed by atoms with Crippen molar-refractivity contribution in [2.24, 2.45) is 10.7 Å². The van der Waals surface area contributed by atoms with Gasteiger partial charge in [0.2, 0.25) is 0 Å². The number of fused-ring (bicyclic) bond motifs is 1. The van der Waals surface area contributed by atoms with Gasteiger partial charge in [-0.1, -0.05) is 11.6 Å². The number of amides is 1. The first-order valence-corrected chi connectivity index (χ1v) is 8.40. The first kappa shape index (κ1) is 18.2. The molecule has 2 aromatic rings. The minimum Gasteiger partial charge on any atom is -0.364 e.